The third kappa shape index (κ3) is 3.60. The maximum atomic E-state index is 14.6. The van der Waals surface area contributed by atoms with Crippen molar-refractivity contribution in [3.05, 3.63) is 99.8 Å². The summed E-state index contributed by atoms with van der Waals surface area (Å²) in [5.74, 6) is -2.22. The van der Waals surface area contributed by atoms with Gasteiger partial charge < -0.3 is 0 Å². The smallest absolute Gasteiger partial charge is 0.266 e. The first-order valence-corrected chi connectivity index (χ1v) is 11.0. The van der Waals surface area contributed by atoms with Gasteiger partial charge in [0.15, 0.2) is 5.16 Å². The monoisotopic (exact) mass is 463 g/mol. The number of rotatable bonds is 5. The highest BCUT2D eigenvalue weighted by Gasteiger charge is 2.34. The number of hydrogen-bond donors (Lipinski definition) is 0. The fourth-order valence-corrected chi connectivity index (χ4v) is 4.68. The van der Waals surface area contributed by atoms with Crippen molar-refractivity contribution in [1.29, 1.82) is 0 Å². The van der Waals surface area contributed by atoms with Gasteiger partial charge in [-0.25, -0.2) is 13.8 Å². The van der Waals surface area contributed by atoms with Crippen LogP contribution in [0.3, 0.4) is 0 Å². The van der Waals surface area contributed by atoms with Crippen LogP contribution in [0.4, 0.5) is 8.78 Å². The Bertz CT molecular complexity index is 1470. The lowest BCUT2D eigenvalue weighted by molar-refractivity contribution is 0.0664. The van der Waals surface area contributed by atoms with Crippen molar-refractivity contribution in [2.45, 2.75) is 5.16 Å². The Labute approximate surface area is 190 Å². The van der Waals surface area contributed by atoms with E-state index in [0.717, 1.165) is 27.3 Å². The van der Waals surface area contributed by atoms with Gasteiger partial charge in [0.1, 0.15) is 11.6 Å². The Morgan fingerprint density at radius 3 is 2.21 bits per heavy atom. The molecule has 5 rings (SSSR count). The van der Waals surface area contributed by atoms with Crippen LogP contribution in [0.15, 0.2) is 76.7 Å². The van der Waals surface area contributed by atoms with Crippen molar-refractivity contribution in [3.63, 3.8) is 0 Å². The number of para-hydroxylation sites is 1. The number of fused-ring (bicyclic) bond motifs is 2. The molecule has 0 atom stereocenters. The standard InChI is InChI=1S/C24H15F2N3O3S/c25-14-9-10-20(18(26)13-14)29-23(32)17-7-3-4-8-19(17)27-24(29)33-12-11-28-21(30)15-5-1-2-6-16(15)22(28)31/h1-10,13H,11-12H2. The summed E-state index contributed by atoms with van der Waals surface area (Å²) in [6, 6.07) is 16.2. The molecule has 0 aliphatic carbocycles. The third-order valence-corrected chi connectivity index (χ3v) is 6.24. The first-order valence-electron chi connectivity index (χ1n) is 10.0. The number of aromatic nitrogens is 2. The molecule has 0 bridgehead atoms. The molecular weight excluding hydrogens is 448 g/mol. The van der Waals surface area contributed by atoms with Crippen LogP contribution in [-0.2, 0) is 0 Å². The number of thioether (sulfide) groups is 1. The molecule has 1 aliphatic heterocycles. The van der Waals surface area contributed by atoms with E-state index in [0.29, 0.717) is 22.7 Å². The number of carbonyl (C=O) groups is 2. The quantitative estimate of drug-likeness (QED) is 0.254. The molecule has 1 aromatic heterocycles. The summed E-state index contributed by atoms with van der Waals surface area (Å²) < 4.78 is 29.1. The van der Waals surface area contributed by atoms with Crippen LogP contribution in [0.25, 0.3) is 16.6 Å². The maximum Gasteiger partial charge on any atom is 0.266 e. The highest BCUT2D eigenvalue weighted by atomic mass is 32.2. The van der Waals surface area contributed by atoms with Gasteiger partial charge in [0.25, 0.3) is 17.4 Å². The fraction of sp³-hybridized carbons (Fsp3) is 0.0833. The second-order valence-corrected chi connectivity index (χ2v) is 8.37. The second-order valence-electron chi connectivity index (χ2n) is 7.30. The van der Waals surface area contributed by atoms with Crippen LogP contribution in [0.5, 0.6) is 0 Å². The van der Waals surface area contributed by atoms with Gasteiger partial charge in [-0.1, -0.05) is 36.0 Å². The van der Waals surface area contributed by atoms with E-state index in [2.05, 4.69) is 4.98 Å². The SMILES string of the molecule is O=C1c2ccccc2C(=O)N1CCSc1nc2ccccc2c(=O)n1-c1ccc(F)cc1F. The molecule has 9 heteroatoms. The van der Waals surface area contributed by atoms with Gasteiger partial charge in [-0.2, -0.15) is 0 Å². The lowest BCUT2D eigenvalue weighted by Crippen LogP contribution is -2.32. The van der Waals surface area contributed by atoms with Crippen LogP contribution in [-0.4, -0.2) is 38.6 Å². The predicted octanol–water partition coefficient (Wildman–Crippen LogP) is 4.05. The van der Waals surface area contributed by atoms with Crippen molar-refractivity contribution in [2.75, 3.05) is 12.3 Å². The average Bonchev–Trinajstić information content (AvgIpc) is 3.05. The van der Waals surface area contributed by atoms with Crippen molar-refractivity contribution in [1.82, 2.24) is 14.5 Å². The van der Waals surface area contributed by atoms with Gasteiger partial charge in [-0.15, -0.1) is 0 Å². The van der Waals surface area contributed by atoms with Crippen molar-refractivity contribution < 1.29 is 18.4 Å². The highest BCUT2D eigenvalue weighted by molar-refractivity contribution is 7.99. The van der Waals surface area contributed by atoms with E-state index >= 15 is 0 Å². The predicted molar refractivity (Wildman–Crippen MR) is 120 cm³/mol. The molecule has 1 aliphatic rings. The Balaban J connectivity index is 1.49. The van der Waals surface area contributed by atoms with Gasteiger partial charge in [-0.3, -0.25) is 23.9 Å². The van der Waals surface area contributed by atoms with E-state index in [1.54, 1.807) is 48.5 Å². The number of imide groups is 1. The average molecular weight is 463 g/mol. The summed E-state index contributed by atoms with van der Waals surface area (Å²) >= 11 is 1.10. The topological polar surface area (TPSA) is 72.3 Å². The third-order valence-electron chi connectivity index (χ3n) is 5.32. The number of benzene rings is 3. The summed E-state index contributed by atoms with van der Waals surface area (Å²) in [6.45, 7) is 0.0750. The summed E-state index contributed by atoms with van der Waals surface area (Å²) in [7, 11) is 0. The molecule has 2 amide bonds. The zero-order valence-electron chi connectivity index (χ0n) is 17.0. The molecule has 0 saturated heterocycles. The number of amides is 2. The Morgan fingerprint density at radius 2 is 1.52 bits per heavy atom. The molecule has 164 valence electrons. The van der Waals surface area contributed by atoms with E-state index in [-0.39, 0.29) is 40.3 Å². The first kappa shape index (κ1) is 21.0. The molecule has 0 spiro atoms. The molecular formula is C24H15F2N3O3S. The molecule has 2 heterocycles. The van der Waals surface area contributed by atoms with Gasteiger partial charge >= 0.3 is 0 Å². The van der Waals surface area contributed by atoms with Gasteiger partial charge in [0.05, 0.1) is 27.7 Å². The molecule has 0 saturated carbocycles. The van der Waals surface area contributed by atoms with Crippen LogP contribution in [0.2, 0.25) is 0 Å². The van der Waals surface area contributed by atoms with Crippen LogP contribution in [0.1, 0.15) is 20.7 Å². The summed E-state index contributed by atoms with van der Waals surface area (Å²) in [4.78, 5) is 44.0. The minimum atomic E-state index is -0.906. The molecule has 33 heavy (non-hydrogen) atoms. The molecule has 3 aromatic carbocycles. The van der Waals surface area contributed by atoms with Crippen molar-refractivity contribution >= 4 is 34.5 Å². The van der Waals surface area contributed by atoms with Crippen LogP contribution in [0, 0.1) is 11.6 Å². The van der Waals surface area contributed by atoms with E-state index in [9.17, 15) is 23.2 Å². The second kappa shape index (κ2) is 8.25. The Kier molecular flexibility index (Phi) is 5.26. The minimum Gasteiger partial charge on any atom is -0.273 e. The van der Waals surface area contributed by atoms with E-state index in [4.69, 9.17) is 0 Å². The van der Waals surface area contributed by atoms with Gasteiger partial charge in [0.2, 0.25) is 0 Å². The van der Waals surface area contributed by atoms with E-state index < -0.39 is 17.2 Å². The van der Waals surface area contributed by atoms with Crippen LogP contribution < -0.4 is 5.56 Å². The molecule has 0 unspecified atom stereocenters. The Morgan fingerprint density at radius 1 is 0.848 bits per heavy atom. The molecule has 4 aromatic rings. The lowest BCUT2D eigenvalue weighted by atomic mass is 10.1. The minimum absolute atomic E-state index is 0.0750. The zero-order chi connectivity index (χ0) is 23.1. The number of halogens is 2. The maximum absolute atomic E-state index is 14.6. The largest absolute Gasteiger partial charge is 0.273 e. The highest BCUT2D eigenvalue weighted by Crippen LogP contribution is 2.26. The molecule has 0 radical (unpaired) electrons. The van der Waals surface area contributed by atoms with Gasteiger partial charge in [0, 0.05) is 18.4 Å². The summed E-state index contributed by atoms with van der Waals surface area (Å²) in [5, 5.41) is 0.451. The van der Waals surface area contributed by atoms with Gasteiger partial charge in [-0.05, 0) is 36.4 Å². The molecule has 0 fully saturated rings. The number of hydrogen-bond acceptors (Lipinski definition) is 5. The number of carbonyl (C=O) groups excluding carboxylic acids is 2. The van der Waals surface area contributed by atoms with Crippen molar-refractivity contribution in [3.8, 4) is 5.69 Å². The Hall–Kier alpha value is -3.85. The number of nitrogens with zero attached hydrogens (tertiary/aromatic N) is 3. The van der Waals surface area contributed by atoms with Crippen molar-refractivity contribution in [2.24, 2.45) is 0 Å². The molecule has 0 N–H and O–H groups in total. The summed E-state index contributed by atoms with van der Waals surface area (Å²) in [5.41, 5.74) is 0.477. The van der Waals surface area contributed by atoms with E-state index in [1.807, 2.05) is 0 Å². The lowest BCUT2D eigenvalue weighted by Gasteiger charge is -2.16. The normalized spacial score (nSPS) is 13.1. The first-order chi connectivity index (χ1) is 16.0. The molecule has 6 nitrogen and oxygen atoms in total. The zero-order valence-corrected chi connectivity index (χ0v) is 17.8. The fourth-order valence-electron chi connectivity index (χ4n) is 3.75. The van der Waals surface area contributed by atoms with Crippen LogP contribution >= 0.6 is 11.8 Å². The van der Waals surface area contributed by atoms with E-state index in [1.165, 1.54) is 6.07 Å². The summed E-state index contributed by atoms with van der Waals surface area (Å²) in [6.07, 6.45) is 0.